The van der Waals surface area contributed by atoms with Gasteiger partial charge in [0.05, 0.1) is 5.56 Å². The minimum absolute atomic E-state index is 0.106. The number of likely N-dealkylation sites (N-methyl/N-ethyl adjacent to an activating group) is 1. The van der Waals surface area contributed by atoms with Crippen molar-refractivity contribution in [1.82, 2.24) is 10.3 Å². The van der Waals surface area contributed by atoms with Gasteiger partial charge in [-0.1, -0.05) is 0 Å². The first-order valence-corrected chi connectivity index (χ1v) is 6.33. The SMILES string of the molecule is CNC(=O)C1CCC(=O)N1c1cc(C(F)(F)F)cc(C)n1. The van der Waals surface area contributed by atoms with Crippen molar-refractivity contribution < 1.29 is 22.8 Å². The second kappa shape index (κ2) is 5.34. The maximum atomic E-state index is 12.8. The smallest absolute Gasteiger partial charge is 0.357 e. The Morgan fingerprint density at radius 2 is 2.10 bits per heavy atom. The van der Waals surface area contributed by atoms with Crippen LogP contribution in [0.25, 0.3) is 0 Å². The van der Waals surface area contributed by atoms with Crippen LogP contribution in [0.1, 0.15) is 24.1 Å². The van der Waals surface area contributed by atoms with Crippen LogP contribution in [-0.4, -0.2) is 29.9 Å². The summed E-state index contributed by atoms with van der Waals surface area (Å²) < 4.78 is 38.5. The summed E-state index contributed by atoms with van der Waals surface area (Å²) in [4.78, 5) is 28.7. The van der Waals surface area contributed by atoms with Gasteiger partial charge in [-0.25, -0.2) is 4.98 Å². The molecule has 1 unspecified atom stereocenters. The Morgan fingerprint density at radius 3 is 2.67 bits per heavy atom. The Morgan fingerprint density at radius 1 is 1.43 bits per heavy atom. The lowest BCUT2D eigenvalue weighted by atomic mass is 10.2. The molecule has 1 aromatic rings. The first kappa shape index (κ1) is 15.3. The number of hydrogen-bond donors (Lipinski definition) is 1. The van der Waals surface area contributed by atoms with Crippen molar-refractivity contribution in [3.8, 4) is 0 Å². The first-order chi connectivity index (χ1) is 9.74. The van der Waals surface area contributed by atoms with Gasteiger partial charge >= 0.3 is 6.18 Å². The zero-order valence-corrected chi connectivity index (χ0v) is 11.5. The molecule has 5 nitrogen and oxygen atoms in total. The highest BCUT2D eigenvalue weighted by Gasteiger charge is 2.39. The van der Waals surface area contributed by atoms with Gasteiger partial charge in [0.2, 0.25) is 11.8 Å². The Balaban J connectivity index is 2.46. The van der Waals surface area contributed by atoms with Crippen molar-refractivity contribution in [1.29, 1.82) is 0 Å². The molecular formula is C13H14F3N3O2. The number of hydrogen-bond acceptors (Lipinski definition) is 3. The number of halogens is 3. The van der Waals surface area contributed by atoms with Gasteiger partial charge in [0.1, 0.15) is 11.9 Å². The molecule has 0 aliphatic carbocycles. The zero-order valence-electron chi connectivity index (χ0n) is 11.5. The summed E-state index contributed by atoms with van der Waals surface area (Å²) in [6, 6.07) is 0.878. The summed E-state index contributed by atoms with van der Waals surface area (Å²) in [5.74, 6) is -0.967. The van der Waals surface area contributed by atoms with Crippen LogP contribution in [-0.2, 0) is 15.8 Å². The van der Waals surface area contributed by atoms with Gasteiger partial charge in [-0.3, -0.25) is 14.5 Å². The molecule has 0 spiro atoms. The van der Waals surface area contributed by atoms with Crippen LogP contribution < -0.4 is 10.2 Å². The molecular weight excluding hydrogens is 287 g/mol. The fourth-order valence-electron chi connectivity index (χ4n) is 2.32. The number of carbonyl (C=O) groups is 2. The molecule has 1 saturated heterocycles. The molecule has 1 aromatic heterocycles. The molecule has 1 atom stereocenters. The molecule has 0 aromatic carbocycles. The van der Waals surface area contributed by atoms with Gasteiger partial charge in [0, 0.05) is 19.2 Å². The van der Waals surface area contributed by atoms with Gasteiger partial charge in [0.25, 0.3) is 0 Å². The average molecular weight is 301 g/mol. The molecule has 114 valence electrons. The van der Waals surface area contributed by atoms with Crippen LogP contribution in [0.4, 0.5) is 19.0 Å². The fourth-order valence-corrected chi connectivity index (χ4v) is 2.32. The number of carbonyl (C=O) groups excluding carboxylic acids is 2. The van der Waals surface area contributed by atoms with Crippen molar-refractivity contribution in [2.45, 2.75) is 32.0 Å². The van der Waals surface area contributed by atoms with Crippen molar-refractivity contribution >= 4 is 17.6 Å². The van der Waals surface area contributed by atoms with Gasteiger partial charge in [-0.2, -0.15) is 13.2 Å². The van der Waals surface area contributed by atoms with Crippen LogP contribution >= 0.6 is 0 Å². The third kappa shape index (κ3) is 2.98. The number of aromatic nitrogens is 1. The summed E-state index contributed by atoms with van der Waals surface area (Å²) in [6.45, 7) is 1.41. The van der Waals surface area contributed by atoms with Crippen LogP contribution in [0, 0.1) is 6.92 Å². The van der Waals surface area contributed by atoms with Gasteiger partial charge < -0.3 is 5.32 Å². The summed E-state index contributed by atoms with van der Waals surface area (Å²) >= 11 is 0. The third-order valence-corrected chi connectivity index (χ3v) is 3.28. The number of nitrogens with one attached hydrogen (secondary N) is 1. The lowest BCUT2D eigenvalue weighted by molar-refractivity contribution is -0.137. The van der Waals surface area contributed by atoms with E-state index in [1.807, 2.05) is 0 Å². The highest BCUT2D eigenvalue weighted by molar-refractivity contribution is 6.03. The number of nitrogens with zero attached hydrogens (tertiary/aromatic N) is 2. The summed E-state index contributed by atoms with van der Waals surface area (Å²) in [6.07, 6.45) is -4.17. The van der Waals surface area contributed by atoms with Crippen molar-refractivity contribution in [2.24, 2.45) is 0 Å². The van der Waals surface area contributed by atoms with E-state index in [4.69, 9.17) is 0 Å². The molecule has 0 radical (unpaired) electrons. The van der Waals surface area contributed by atoms with E-state index in [-0.39, 0.29) is 24.4 Å². The molecule has 0 bridgehead atoms. The van der Waals surface area contributed by atoms with Gasteiger partial charge in [-0.05, 0) is 25.5 Å². The van der Waals surface area contributed by atoms with E-state index in [9.17, 15) is 22.8 Å². The van der Waals surface area contributed by atoms with Crippen LogP contribution in [0.5, 0.6) is 0 Å². The van der Waals surface area contributed by atoms with E-state index in [0.29, 0.717) is 0 Å². The second-order valence-electron chi connectivity index (χ2n) is 4.79. The van der Waals surface area contributed by atoms with E-state index in [1.165, 1.54) is 14.0 Å². The molecule has 1 N–H and O–H groups in total. The molecule has 1 fully saturated rings. The lowest BCUT2D eigenvalue weighted by Crippen LogP contribution is -2.44. The number of rotatable bonds is 2. The summed E-state index contributed by atoms with van der Waals surface area (Å²) in [7, 11) is 1.41. The Labute approximate surface area is 119 Å². The Hall–Kier alpha value is -2.12. The molecule has 8 heteroatoms. The second-order valence-corrected chi connectivity index (χ2v) is 4.79. The van der Waals surface area contributed by atoms with Crippen LogP contribution in [0.2, 0.25) is 0 Å². The van der Waals surface area contributed by atoms with Crippen molar-refractivity contribution in [3.63, 3.8) is 0 Å². The minimum Gasteiger partial charge on any atom is -0.357 e. The molecule has 1 aliphatic heterocycles. The summed E-state index contributed by atoms with van der Waals surface area (Å²) in [5.41, 5.74) is -0.754. The van der Waals surface area contributed by atoms with E-state index < -0.39 is 29.6 Å². The Kier molecular flexibility index (Phi) is 3.89. The number of amides is 2. The fraction of sp³-hybridized carbons (Fsp3) is 0.462. The van der Waals surface area contributed by atoms with E-state index >= 15 is 0 Å². The molecule has 0 saturated carbocycles. The quantitative estimate of drug-likeness (QED) is 0.903. The lowest BCUT2D eigenvalue weighted by Gasteiger charge is -2.23. The van der Waals surface area contributed by atoms with Gasteiger partial charge in [0.15, 0.2) is 0 Å². The maximum Gasteiger partial charge on any atom is 0.416 e. The molecule has 2 rings (SSSR count). The molecule has 21 heavy (non-hydrogen) atoms. The number of anilines is 1. The molecule has 1 aliphatic rings. The Bertz CT molecular complexity index is 587. The number of alkyl halides is 3. The largest absolute Gasteiger partial charge is 0.416 e. The highest BCUT2D eigenvalue weighted by atomic mass is 19.4. The number of aryl methyl sites for hydroxylation is 1. The van der Waals surface area contributed by atoms with Gasteiger partial charge in [-0.15, -0.1) is 0 Å². The first-order valence-electron chi connectivity index (χ1n) is 6.33. The van der Waals surface area contributed by atoms with E-state index in [1.54, 1.807) is 0 Å². The standard InChI is InChI=1S/C13H14F3N3O2/c1-7-5-8(13(14,15)16)6-10(18-7)19-9(12(21)17-2)3-4-11(19)20/h5-6,9H,3-4H2,1-2H3,(H,17,21). The molecule has 2 heterocycles. The van der Waals surface area contributed by atoms with E-state index in [0.717, 1.165) is 17.0 Å². The van der Waals surface area contributed by atoms with E-state index in [2.05, 4.69) is 10.3 Å². The summed E-state index contributed by atoms with van der Waals surface area (Å²) in [5, 5.41) is 2.40. The number of pyridine rings is 1. The highest BCUT2D eigenvalue weighted by Crippen LogP contribution is 2.33. The topological polar surface area (TPSA) is 62.3 Å². The third-order valence-electron chi connectivity index (χ3n) is 3.28. The average Bonchev–Trinajstić information content (AvgIpc) is 2.78. The van der Waals surface area contributed by atoms with Crippen molar-refractivity contribution in [3.05, 3.63) is 23.4 Å². The van der Waals surface area contributed by atoms with Crippen molar-refractivity contribution in [2.75, 3.05) is 11.9 Å². The van der Waals surface area contributed by atoms with Crippen LogP contribution in [0.3, 0.4) is 0 Å². The minimum atomic E-state index is -4.53. The monoisotopic (exact) mass is 301 g/mol. The molecule has 2 amide bonds. The maximum absolute atomic E-state index is 12.8. The zero-order chi connectivity index (χ0) is 15.8. The predicted octanol–water partition coefficient (Wildman–Crippen LogP) is 1.65. The predicted molar refractivity (Wildman–Crippen MR) is 68.6 cm³/mol. The normalized spacial score (nSPS) is 19.0. The van der Waals surface area contributed by atoms with Crippen LogP contribution in [0.15, 0.2) is 12.1 Å².